The number of nitrogens with zero attached hydrogens (tertiary/aromatic N) is 1. The highest BCUT2D eigenvalue weighted by atomic mass is 16.5. The number of carboxylic acid groups (broad SMARTS) is 1. The lowest BCUT2D eigenvalue weighted by Crippen LogP contribution is -2.59. The number of carboxylic acids is 1. The Morgan fingerprint density at radius 1 is 1.45 bits per heavy atom. The van der Waals surface area contributed by atoms with Crippen LogP contribution in [0.15, 0.2) is 0 Å². The van der Waals surface area contributed by atoms with E-state index in [-0.39, 0.29) is 19.8 Å². The maximum absolute atomic E-state index is 12.0. The summed E-state index contributed by atoms with van der Waals surface area (Å²) in [6.45, 7) is 1.58. The van der Waals surface area contributed by atoms with Crippen LogP contribution in [0, 0.1) is 0 Å². The summed E-state index contributed by atoms with van der Waals surface area (Å²) >= 11 is 0. The number of methoxy groups -OCH3 is 1. The van der Waals surface area contributed by atoms with Crippen LogP contribution in [0.3, 0.4) is 0 Å². The van der Waals surface area contributed by atoms with Crippen molar-refractivity contribution in [2.45, 2.75) is 25.1 Å². The molecule has 0 saturated carbocycles. The van der Waals surface area contributed by atoms with Gasteiger partial charge in [0, 0.05) is 6.54 Å². The summed E-state index contributed by atoms with van der Waals surface area (Å²) in [6, 6.07) is -3.15. The van der Waals surface area contributed by atoms with E-state index < -0.39 is 36.2 Å². The summed E-state index contributed by atoms with van der Waals surface area (Å²) in [5.74, 6) is -2.01. The predicted molar refractivity (Wildman–Crippen MR) is 65.0 cm³/mol. The van der Waals surface area contributed by atoms with Crippen LogP contribution in [0.1, 0.15) is 6.92 Å². The van der Waals surface area contributed by atoms with Gasteiger partial charge in [-0.25, -0.2) is 14.4 Å². The molecule has 3 atom stereocenters. The summed E-state index contributed by atoms with van der Waals surface area (Å²) in [6.07, 6.45) is -1.27. The minimum atomic E-state index is -1.45. The predicted octanol–water partition coefficient (Wildman–Crippen LogP) is -1.60. The molecular formula is C11H18N2O7. The normalized spacial score (nSPS) is 21.8. The van der Waals surface area contributed by atoms with Crippen LogP contribution in [0.2, 0.25) is 0 Å². The standard InChI is InChI=1S/C11H18N2O7/c1-6(14)8(9(15)16)12-11(18)13-3-4-20-5-7(13)10(17)19-2/h6-8,14H,3-5H2,1-2H3,(H,12,18)(H,15,16)/t6-,7?,8+/m1/s1. The van der Waals surface area contributed by atoms with E-state index in [1.807, 2.05) is 0 Å². The fourth-order valence-electron chi connectivity index (χ4n) is 1.78. The Balaban J connectivity index is 2.77. The number of esters is 1. The van der Waals surface area contributed by atoms with Crippen molar-refractivity contribution in [1.82, 2.24) is 10.2 Å². The molecule has 20 heavy (non-hydrogen) atoms. The van der Waals surface area contributed by atoms with Gasteiger partial charge in [0.1, 0.15) is 0 Å². The number of amides is 2. The van der Waals surface area contributed by atoms with Gasteiger partial charge >= 0.3 is 18.0 Å². The molecule has 1 aliphatic rings. The fraction of sp³-hybridized carbons (Fsp3) is 0.727. The molecule has 9 heteroatoms. The first-order chi connectivity index (χ1) is 9.38. The van der Waals surface area contributed by atoms with Crippen molar-refractivity contribution in [3.8, 4) is 0 Å². The van der Waals surface area contributed by atoms with E-state index in [2.05, 4.69) is 10.1 Å². The zero-order valence-corrected chi connectivity index (χ0v) is 11.2. The number of aliphatic carboxylic acids is 1. The Morgan fingerprint density at radius 3 is 2.60 bits per heavy atom. The van der Waals surface area contributed by atoms with Crippen LogP contribution >= 0.6 is 0 Å². The average Bonchev–Trinajstić information content (AvgIpc) is 2.42. The van der Waals surface area contributed by atoms with E-state index in [9.17, 15) is 19.5 Å². The first-order valence-electron chi connectivity index (χ1n) is 6.02. The second-order valence-corrected chi connectivity index (χ2v) is 4.31. The van der Waals surface area contributed by atoms with Gasteiger partial charge in [-0.15, -0.1) is 0 Å². The highest BCUT2D eigenvalue weighted by molar-refractivity contribution is 5.87. The molecular weight excluding hydrogens is 272 g/mol. The van der Waals surface area contributed by atoms with E-state index in [1.54, 1.807) is 0 Å². The molecule has 0 aromatic rings. The molecule has 0 aliphatic carbocycles. The summed E-state index contributed by atoms with van der Waals surface area (Å²) in [5, 5.41) is 20.4. The van der Waals surface area contributed by atoms with Gasteiger partial charge in [0.25, 0.3) is 0 Å². The first kappa shape index (κ1) is 16.2. The Labute approximate surface area is 115 Å². The van der Waals surface area contributed by atoms with Crippen LogP contribution in [0.4, 0.5) is 4.79 Å². The maximum atomic E-state index is 12.0. The zero-order chi connectivity index (χ0) is 15.3. The van der Waals surface area contributed by atoms with Crippen molar-refractivity contribution < 1.29 is 34.1 Å². The summed E-state index contributed by atoms with van der Waals surface area (Å²) in [5.41, 5.74) is 0. The number of carbonyl (C=O) groups excluding carboxylic acids is 2. The van der Waals surface area contributed by atoms with Crippen LogP contribution < -0.4 is 5.32 Å². The molecule has 3 N–H and O–H groups in total. The van der Waals surface area contributed by atoms with Gasteiger partial charge in [-0.2, -0.15) is 0 Å². The minimum absolute atomic E-state index is 0.0213. The Morgan fingerprint density at radius 2 is 2.10 bits per heavy atom. The molecule has 1 rings (SSSR count). The van der Waals surface area contributed by atoms with E-state index in [0.29, 0.717) is 0 Å². The molecule has 0 bridgehead atoms. The van der Waals surface area contributed by atoms with Crippen molar-refractivity contribution >= 4 is 18.0 Å². The van der Waals surface area contributed by atoms with E-state index in [4.69, 9.17) is 9.84 Å². The highest BCUT2D eigenvalue weighted by Crippen LogP contribution is 2.09. The van der Waals surface area contributed by atoms with Crippen LogP contribution in [0.5, 0.6) is 0 Å². The van der Waals surface area contributed by atoms with E-state index in [0.717, 1.165) is 4.90 Å². The third-order valence-electron chi connectivity index (χ3n) is 2.89. The van der Waals surface area contributed by atoms with Crippen molar-refractivity contribution in [2.24, 2.45) is 0 Å². The van der Waals surface area contributed by atoms with Crippen molar-refractivity contribution in [3.05, 3.63) is 0 Å². The number of ether oxygens (including phenoxy) is 2. The van der Waals surface area contributed by atoms with Gasteiger partial charge in [-0.3, -0.25) is 0 Å². The monoisotopic (exact) mass is 290 g/mol. The molecule has 0 aromatic carbocycles. The molecule has 1 fully saturated rings. The lowest BCUT2D eigenvalue weighted by molar-refractivity contribution is -0.151. The smallest absolute Gasteiger partial charge is 0.331 e. The lowest BCUT2D eigenvalue weighted by Gasteiger charge is -2.34. The maximum Gasteiger partial charge on any atom is 0.331 e. The molecule has 1 aliphatic heterocycles. The molecule has 1 unspecified atom stereocenters. The minimum Gasteiger partial charge on any atom is -0.480 e. The molecule has 1 saturated heterocycles. The molecule has 0 aromatic heterocycles. The number of aliphatic hydroxyl groups excluding tert-OH is 1. The number of morpholine rings is 1. The number of carbonyl (C=O) groups is 3. The number of hydrogen-bond donors (Lipinski definition) is 3. The first-order valence-corrected chi connectivity index (χ1v) is 6.02. The highest BCUT2D eigenvalue weighted by Gasteiger charge is 2.36. The molecule has 114 valence electrons. The zero-order valence-electron chi connectivity index (χ0n) is 11.2. The Kier molecular flexibility index (Phi) is 5.71. The van der Waals surface area contributed by atoms with Gasteiger partial charge in [0.05, 0.1) is 26.4 Å². The van der Waals surface area contributed by atoms with Gasteiger partial charge in [0.15, 0.2) is 12.1 Å². The Bertz CT molecular complexity index is 385. The molecule has 9 nitrogen and oxygen atoms in total. The quantitative estimate of drug-likeness (QED) is 0.532. The average molecular weight is 290 g/mol. The van der Waals surface area contributed by atoms with Gasteiger partial charge in [0.2, 0.25) is 0 Å². The topological polar surface area (TPSA) is 125 Å². The van der Waals surface area contributed by atoms with Gasteiger partial charge in [-0.05, 0) is 6.92 Å². The molecule has 0 radical (unpaired) electrons. The van der Waals surface area contributed by atoms with Crippen molar-refractivity contribution in [1.29, 1.82) is 0 Å². The largest absolute Gasteiger partial charge is 0.480 e. The Hall–Kier alpha value is -1.87. The molecule has 2 amide bonds. The molecule has 0 spiro atoms. The molecule has 1 heterocycles. The van der Waals surface area contributed by atoms with E-state index in [1.165, 1.54) is 14.0 Å². The van der Waals surface area contributed by atoms with Crippen LogP contribution in [-0.4, -0.2) is 78.1 Å². The van der Waals surface area contributed by atoms with Gasteiger partial charge < -0.3 is 29.9 Å². The van der Waals surface area contributed by atoms with Gasteiger partial charge in [-0.1, -0.05) is 0 Å². The third kappa shape index (κ3) is 3.81. The number of hydrogen-bond acceptors (Lipinski definition) is 6. The van der Waals surface area contributed by atoms with Crippen LogP contribution in [0.25, 0.3) is 0 Å². The van der Waals surface area contributed by atoms with Crippen LogP contribution in [-0.2, 0) is 19.1 Å². The van der Waals surface area contributed by atoms with E-state index >= 15 is 0 Å². The second kappa shape index (κ2) is 7.06. The second-order valence-electron chi connectivity index (χ2n) is 4.31. The summed E-state index contributed by atoms with van der Waals surface area (Å²) in [7, 11) is 1.18. The van der Waals surface area contributed by atoms with Crippen molar-refractivity contribution in [2.75, 3.05) is 26.9 Å². The number of aliphatic hydroxyl groups is 1. The number of nitrogens with one attached hydrogen (secondary N) is 1. The number of rotatable bonds is 4. The summed E-state index contributed by atoms with van der Waals surface area (Å²) in [4.78, 5) is 35.6. The third-order valence-corrected chi connectivity index (χ3v) is 2.89. The lowest BCUT2D eigenvalue weighted by atomic mass is 10.2. The summed E-state index contributed by atoms with van der Waals surface area (Å²) < 4.78 is 9.66. The SMILES string of the molecule is COC(=O)C1COCCN1C(=O)N[C@H](C(=O)O)[C@@H](C)O. The number of urea groups is 1. The van der Waals surface area contributed by atoms with Crippen molar-refractivity contribution in [3.63, 3.8) is 0 Å². The fourth-order valence-corrected chi connectivity index (χ4v) is 1.78.